The van der Waals surface area contributed by atoms with Crippen LogP contribution in [-0.4, -0.2) is 24.1 Å². The number of nitrogens with two attached hydrogens (primary N) is 1. The molecule has 13 heavy (non-hydrogen) atoms. The standard InChI is InChI=1S/C9H15N3S/c1-7-2-4-12(6-8(7)10)9-11-3-5-13-9/h3,5,7-8H,2,4,6,10H2,1H3. The highest BCUT2D eigenvalue weighted by Gasteiger charge is 2.24. The van der Waals surface area contributed by atoms with E-state index in [2.05, 4.69) is 16.8 Å². The Kier molecular flexibility index (Phi) is 2.51. The van der Waals surface area contributed by atoms with Gasteiger partial charge in [0, 0.05) is 30.7 Å². The Balaban J connectivity index is 2.03. The van der Waals surface area contributed by atoms with Gasteiger partial charge in [-0.05, 0) is 12.3 Å². The van der Waals surface area contributed by atoms with Crippen molar-refractivity contribution in [2.24, 2.45) is 11.7 Å². The highest BCUT2D eigenvalue weighted by molar-refractivity contribution is 7.13. The summed E-state index contributed by atoms with van der Waals surface area (Å²) in [7, 11) is 0. The van der Waals surface area contributed by atoms with Crippen LogP contribution in [0, 0.1) is 5.92 Å². The number of anilines is 1. The number of piperidine rings is 1. The molecular formula is C9H15N3S. The molecule has 1 aromatic heterocycles. The van der Waals surface area contributed by atoms with Gasteiger partial charge in [-0.15, -0.1) is 11.3 Å². The van der Waals surface area contributed by atoms with Gasteiger partial charge in [0.25, 0.3) is 0 Å². The van der Waals surface area contributed by atoms with Gasteiger partial charge in [0.05, 0.1) is 0 Å². The minimum Gasteiger partial charge on any atom is -0.347 e. The Morgan fingerprint density at radius 3 is 3.15 bits per heavy atom. The zero-order chi connectivity index (χ0) is 9.26. The van der Waals surface area contributed by atoms with Gasteiger partial charge in [0.2, 0.25) is 0 Å². The monoisotopic (exact) mass is 197 g/mol. The molecule has 2 atom stereocenters. The van der Waals surface area contributed by atoms with Crippen LogP contribution in [0.1, 0.15) is 13.3 Å². The SMILES string of the molecule is CC1CCN(c2nccs2)CC1N. The predicted molar refractivity (Wildman–Crippen MR) is 56.1 cm³/mol. The molecule has 1 saturated heterocycles. The summed E-state index contributed by atoms with van der Waals surface area (Å²) in [6.07, 6.45) is 3.03. The fraction of sp³-hybridized carbons (Fsp3) is 0.667. The van der Waals surface area contributed by atoms with Gasteiger partial charge in [-0.2, -0.15) is 0 Å². The number of aromatic nitrogens is 1. The molecule has 2 rings (SSSR count). The quantitative estimate of drug-likeness (QED) is 0.738. The molecule has 2 unspecified atom stereocenters. The minimum atomic E-state index is 0.303. The average Bonchev–Trinajstić information content (AvgIpc) is 2.62. The van der Waals surface area contributed by atoms with Crippen molar-refractivity contribution in [1.82, 2.24) is 4.98 Å². The lowest BCUT2D eigenvalue weighted by Gasteiger charge is -2.34. The van der Waals surface area contributed by atoms with E-state index in [4.69, 9.17) is 5.73 Å². The van der Waals surface area contributed by atoms with Gasteiger partial charge >= 0.3 is 0 Å². The summed E-state index contributed by atoms with van der Waals surface area (Å²) in [6, 6.07) is 0.303. The Bertz CT molecular complexity index is 260. The van der Waals surface area contributed by atoms with Crippen LogP contribution in [0.3, 0.4) is 0 Å². The third-order valence-electron chi connectivity index (χ3n) is 2.71. The minimum absolute atomic E-state index is 0.303. The van der Waals surface area contributed by atoms with E-state index in [-0.39, 0.29) is 0 Å². The summed E-state index contributed by atoms with van der Waals surface area (Å²) in [5.74, 6) is 0.649. The highest BCUT2D eigenvalue weighted by Crippen LogP contribution is 2.23. The lowest BCUT2D eigenvalue weighted by molar-refractivity contribution is 0.379. The third-order valence-corrected chi connectivity index (χ3v) is 3.54. The molecular weight excluding hydrogens is 182 g/mol. The van der Waals surface area contributed by atoms with E-state index in [1.165, 1.54) is 6.42 Å². The van der Waals surface area contributed by atoms with Crippen molar-refractivity contribution in [3.05, 3.63) is 11.6 Å². The van der Waals surface area contributed by atoms with Crippen molar-refractivity contribution < 1.29 is 0 Å². The van der Waals surface area contributed by atoms with Crippen molar-refractivity contribution in [3.8, 4) is 0 Å². The average molecular weight is 197 g/mol. The highest BCUT2D eigenvalue weighted by atomic mass is 32.1. The second kappa shape index (κ2) is 3.64. The molecule has 1 aromatic rings. The van der Waals surface area contributed by atoms with Crippen molar-refractivity contribution in [1.29, 1.82) is 0 Å². The first kappa shape index (κ1) is 8.97. The molecule has 1 aliphatic rings. The van der Waals surface area contributed by atoms with Crippen LogP contribution in [0.2, 0.25) is 0 Å². The summed E-state index contributed by atoms with van der Waals surface area (Å²) >= 11 is 1.69. The number of hydrogen-bond acceptors (Lipinski definition) is 4. The Labute approximate surface area is 82.6 Å². The van der Waals surface area contributed by atoms with E-state index in [1.54, 1.807) is 11.3 Å². The molecule has 0 radical (unpaired) electrons. The summed E-state index contributed by atoms with van der Waals surface area (Å²) in [5, 5.41) is 3.13. The zero-order valence-electron chi connectivity index (χ0n) is 7.81. The van der Waals surface area contributed by atoms with Crippen LogP contribution in [-0.2, 0) is 0 Å². The second-order valence-corrected chi connectivity index (χ2v) is 4.56. The van der Waals surface area contributed by atoms with Crippen LogP contribution < -0.4 is 10.6 Å². The first-order valence-corrected chi connectivity index (χ1v) is 5.55. The fourth-order valence-corrected chi connectivity index (χ4v) is 2.33. The fourth-order valence-electron chi connectivity index (χ4n) is 1.65. The number of rotatable bonds is 1. The maximum absolute atomic E-state index is 6.01. The van der Waals surface area contributed by atoms with E-state index >= 15 is 0 Å². The zero-order valence-corrected chi connectivity index (χ0v) is 8.63. The Morgan fingerprint density at radius 2 is 2.54 bits per heavy atom. The maximum atomic E-state index is 6.01. The van der Waals surface area contributed by atoms with Crippen molar-refractivity contribution >= 4 is 16.5 Å². The Hall–Kier alpha value is -0.610. The number of nitrogens with zero attached hydrogens (tertiary/aromatic N) is 2. The van der Waals surface area contributed by atoms with Gasteiger partial charge in [0.15, 0.2) is 5.13 Å². The molecule has 0 aromatic carbocycles. The largest absolute Gasteiger partial charge is 0.347 e. The van der Waals surface area contributed by atoms with E-state index in [9.17, 15) is 0 Å². The summed E-state index contributed by atoms with van der Waals surface area (Å²) in [4.78, 5) is 6.58. The molecule has 72 valence electrons. The molecule has 0 saturated carbocycles. The Morgan fingerprint density at radius 1 is 1.69 bits per heavy atom. The molecule has 0 spiro atoms. The molecule has 4 heteroatoms. The first-order valence-electron chi connectivity index (χ1n) is 4.67. The molecule has 0 bridgehead atoms. The molecule has 2 heterocycles. The smallest absolute Gasteiger partial charge is 0.185 e. The van der Waals surface area contributed by atoms with E-state index in [1.807, 2.05) is 11.6 Å². The molecule has 0 amide bonds. The topological polar surface area (TPSA) is 42.2 Å². The summed E-state index contributed by atoms with van der Waals surface area (Å²) in [5.41, 5.74) is 6.01. The second-order valence-electron chi connectivity index (χ2n) is 3.69. The van der Waals surface area contributed by atoms with Crippen molar-refractivity contribution in [2.75, 3.05) is 18.0 Å². The lowest BCUT2D eigenvalue weighted by atomic mass is 9.95. The van der Waals surface area contributed by atoms with Gasteiger partial charge in [0.1, 0.15) is 0 Å². The van der Waals surface area contributed by atoms with E-state index < -0.39 is 0 Å². The van der Waals surface area contributed by atoms with Crippen LogP contribution in [0.25, 0.3) is 0 Å². The van der Waals surface area contributed by atoms with Gasteiger partial charge < -0.3 is 10.6 Å². The molecule has 1 aliphatic heterocycles. The summed E-state index contributed by atoms with van der Waals surface area (Å²) in [6.45, 7) is 4.28. The molecule has 3 nitrogen and oxygen atoms in total. The normalized spacial score (nSPS) is 29.2. The first-order chi connectivity index (χ1) is 6.27. The molecule has 2 N–H and O–H groups in total. The van der Waals surface area contributed by atoms with Crippen LogP contribution in [0.5, 0.6) is 0 Å². The van der Waals surface area contributed by atoms with E-state index in [0.29, 0.717) is 12.0 Å². The van der Waals surface area contributed by atoms with Crippen LogP contribution in [0.4, 0.5) is 5.13 Å². The van der Waals surface area contributed by atoms with Gasteiger partial charge in [-0.1, -0.05) is 6.92 Å². The predicted octanol–water partition coefficient (Wildman–Crippen LogP) is 1.32. The summed E-state index contributed by atoms with van der Waals surface area (Å²) < 4.78 is 0. The van der Waals surface area contributed by atoms with Crippen molar-refractivity contribution in [3.63, 3.8) is 0 Å². The molecule has 1 fully saturated rings. The molecule has 0 aliphatic carbocycles. The van der Waals surface area contributed by atoms with Crippen LogP contribution >= 0.6 is 11.3 Å². The van der Waals surface area contributed by atoms with E-state index in [0.717, 1.165) is 18.2 Å². The van der Waals surface area contributed by atoms with Gasteiger partial charge in [-0.25, -0.2) is 4.98 Å². The lowest BCUT2D eigenvalue weighted by Crippen LogP contribution is -2.47. The van der Waals surface area contributed by atoms with Crippen molar-refractivity contribution in [2.45, 2.75) is 19.4 Å². The number of thiazole rings is 1. The third kappa shape index (κ3) is 1.84. The van der Waals surface area contributed by atoms with Gasteiger partial charge in [-0.3, -0.25) is 0 Å². The number of hydrogen-bond donors (Lipinski definition) is 1. The van der Waals surface area contributed by atoms with Crippen LogP contribution in [0.15, 0.2) is 11.6 Å². The maximum Gasteiger partial charge on any atom is 0.185 e.